The molecule has 4 heteroatoms. The second kappa shape index (κ2) is 7.34. The highest BCUT2D eigenvalue weighted by atomic mass is 35.5. The SMILES string of the molecule is CC(C)CN(C(=O)CCC1CCNC1)C1CC1.Cl. The van der Waals surface area contributed by atoms with Crippen molar-refractivity contribution in [2.24, 2.45) is 11.8 Å². The lowest BCUT2D eigenvalue weighted by atomic mass is 10.0. The van der Waals surface area contributed by atoms with E-state index in [1.807, 2.05) is 0 Å². The summed E-state index contributed by atoms with van der Waals surface area (Å²) in [5, 5.41) is 3.37. The maximum atomic E-state index is 12.2. The third-order valence-electron chi connectivity index (χ3n) is 3.80. The predicted octanol–water partition coefficient (Wildman–Crippen LogP) is 2.44. The molecule has 106 valence electrons. The minimum Gasteiger partial charge on any atom is -0.339 e. The minimum atomic E-state index is 0. The van der Waals surface area contributed by atoms with Crippen molar-refractivity contribution in [3.05, 3.63) is 0 Å². The first-order chi connectivity index (χ1) is 8.16. The normalized spacial score (nSPS) is 22.9. The Hall–Kier alpha value is -0.280. The van der Waals surface area contributed by atoms with E-state index in [1.165, 1.54) is 19.3 Å². The van der Waals surface area contributed by atoms with Crippen LogP contribution < -0.4 is 5.32 Å². The van der Waals surface area contributed by atoms with Gasteiger partial charge in [0.05, 0.1) is 0 Å². The zero-order chi connectivity index (χ0) is 12.3. The molecule has 0 bridgehead atoms. The van der Waals surface area contributed by atoms with E-state index >= 15 is 0 Å². The molecule has 2 fully saturated rings. The van der Waals surface area contributed by atoms with Crippen LogP contribution in [0.5, 0.6) is 0 Å². The molecule has 1 saturated heterocycles. The standard InChI is InChI=1S/C14H26N2O.ClH/c1-11(2)10-16(13-4-5-13)14(17)6-3-12-7-8-15-9-12;/h11-13,15H,3-10H2,1-2H3;1H. The minimum absolute atomic E-state index is 0. The Labute approximate surface area is 117 Å². The van der Waals surface area contributed by atoms with Crippen LogP contribution >= 0.6 is 12.4 Å². The van der Waals surface area contributed by atoms with Crippen molar-refractivity contribution in [2.45, 2.75) is 52.0 Å². The summed E-state index contributed by atoms with van der Waals surface area (Å²) in [5.41, 5.74) is 0. The predicted molar refractivity (Wildman–Crippen MR) is 77.0 cm³/mol. The molecule has 2 aliphatic rings. The second-order valence-electron chi connectivity index (χ2n) is 6.07. The number of nitrogens with zero attached hydrogens (tertiary/aromatic N) is 1. The molecule has 1 saturated carbocycles. The van der Waals surface area contributed by atoms with Gasteiger partial charge in [0.2, 0.25) is 5.91 Å². The molecule has 0 aromatic heterocycles. The summed E-state index contributed by atoms with van der Waals surface area (Å²) in [7, 11) is 0. The number of halogens is 1. The van der Waals surface area contributed by atoms with Crippen LogP contribution in [0, 0.1) is 11.8 Å². The highest BCUT2D eigenvalue weighted by molar-refractivity contribution is 5.85. The smallest absolute Gasteiger partial charge is 0.222 e. The number of amides is 1. The number of rotatable bonds is 6. The molecule has 18 heavy (non-hydrogen) atoms. The van der Waals surface area contributed by atoms with Crippen LogP contribution in [0.1, 0.15) is 46.0 Å². The van der Waals surface area contributed by atoms with Crippen LogP contribution in [0.15, 0.2) is 0 Å². The molecule has 1 aliphatic heterocycles. The van der Waals surface area contributed by atoms with E-state index in [0.717, 1.165) is 38.4 Å². The van der Waals surface area contributed by atoms with Gasteiger partial charge in [-0.3, -0.25) is 4.79 Å². The Bertz CT molecular complexity index is 261. The van der Waals surface area contributed by atoms with Gasteiger partial charge in [-0.1, -0.05) is 13.8 Å². The first-order valence-electron chi connectivity index (χ1n) is 7.17. The average Bonchev–Trinajstić information content (AvgIpc) is 2.99. The van der Waals surface area contributed by atoms with Crippen LogP contribution in [-0.2, 0) is 4.79 Å². The summed E-state index contributed by atoms with van der Waals surface area (Å²) in [5.74, 6) is 1.72. The Morgan fingerprint density at radius 2 is 2.06 bits per heavy atom. The Balaban J connectivity index is 0.00000162. The van der Waals surface area contributed by atoms with E-state index in [-0.39, 0.29) is 12.4 Å². The average molecular weight is 275 g/mol. The van der Waals surface area contributed by atoms with E-state index in [1.54, 1.807) is 0 Å². The van der Waals surface area contributed by atoms with Crippen molar-refractivity contribution in [2.75, 3.05) is 19.6 Å². The fourth-order valence-electron chi connectivity index (χ4n) is 2.67. The maximum absolute atomic E-state index is 12.2. The van der Waals surface area contributed by atoms with Gasteiger partial charge in [0.25, 0.3) is 0 Å². The molecule has 0 aromatic carbocycles. The molecule has 1 atom stereocenters. The van der Waals surface area contributed by atoms with Crippen LogP contribution in [-0.4, -0.2) is 36.5 Å². The van der Waals surface area contributed by atoms with Crippen LogP contribution in [0.3, 0.4) is 0 Å². The van der Waals surface area contributed by atoms with Gasteiger partial charge in [-0.15, -0.1) is 12.4 Å². The third-order valence-corrected chi connectivity index (χ3v) is 3.80. The van der Waals surface area contributed by atoms with Gasteiger partial charge in [0, 0.05) is 19.0 Å². The first-order valence-corrected chi connectivity index (χ1v) is 7.17. The molecule has 0 aromatic rings. The highest BCUT2D eigenvalue weighted by Crippen LogP contribution is 2.29. The molecule has 1 unspecified atom stereocenters. The zero-order valence-electron chi connectivity index (χ0n) is 11.7. The fraction of sp³-hybridized carbons (Fsp3) is 0.929. The lowest BCUT2D eigenvalue weighted by Gasteiger charge is -2.25. The van der Waals surface area contributed by atoms with E-state index in [4.69, 9.17) is 0 Å². The largest absolute Gasteiger partial charge is 0.339 e. The Morgan fingerprint density at radius 1 is 1.33 bits per heavy atom. The fourth-order valence-corrected chi connectivity index (χ4v) is 2.67. The van der Waals surface area contributed by atoms with Crippen LogP contribution in [0.2, 0.25) is 0 Å². The van der Waals surface area contributed by atoms with Crippen molar-refractivity contribution in [3.63, 3.8) is 0 Å². The highest BCUT2D eigenvalue weighted by Gasteiger charge is 2.32. The topological polar surface area (TPSA) is 32.3 Å². The molecule has 1 N–H and O–H groups in total. The van der Waals surface area contributed by atoms with Gasteiger partial charge in [-0.2, -0.15) is 0 Å². The number of carbonyl (C=O) groups is 1. The van der Waals surface area contributed by atoms with E-state index in [2.05, 4.69) is 24.1 Å². The van der Waals surface area contributed by atoms with Gasteiger partial charge in [0.1, 0.15) is 0 Å². The van der Waals surface area contributed by atoms with Crippen LogP contribution in [0.4, 0.5) is 0 Å². The Kier molecular flexibility index (Phi) is 6.44. The number of hydrogen-bond donors (Lipinski definition) is 1. The molecular weight excluding hydrogens is 248 g/mol. The van der Waals surface area contributed by atoms with Crippen molar-refractivity contribution in [1.82, 2.24) is 10.2 Å². The quantitative estimate of drug-likeness (QED) is 0.807. The van der Waals surface area contributed by atoms with Crippen molar-refractivity contribution < 1.29 is 4.79 Å². The molecule has 0 spiro atoms. The zero-order valence-corrected chi connectivity index (χ0v) is 12.5. The van der Waals surface area contributed by atoms with Gasteiger partial charge in [-0.05, 0) is 50.6 Å². The summed E-state index contributed by atoms with van der Waals surface area (Å²) < 4.78 is 0. The van der Waals surface area contributed by atoms with Crippen molar-refractivity contribution in [1.29, 1.82) is 0 Å². The lowest BCUT2D eigenvalue weighted by Crippen LogP contribution is -2.36. The molecule has 3 nitrogen and oxygen atoms in total. The molecule has 1 amide bonds. The molecule has 0 radical (unpaired) electrons. The lowest BCUT2D eigenvalue weighted by molar-refractivity contribution is -0.132. The van der Waals surface area contributed by atoms with E-state index in [9.17, 15) is 4.79 Å². The summed E-state index contributed by atoms with van der Waals surface area (Å²) >= 11 is 0. The monoisotopic (exact) mass is 274 g/mol. The molecule has 1 heterocycles. The second-order valence-corrected chi connectivity index (χ2v) is 6.07. The summed E-state index contributed by atoms with van der Waals surface area (Å²) in [6.07, 6.45) is 5.54. The van der Waals surface area contributed by atoms with Crippen LogP contribution in [0.25, 0.3) is 0 Å². The summed E-state index contributed by atoms with van der Waals surface area (Å²) in [6.45, 7) is 7.59. The number of nitrogens with one attached hydrogen (secondary N) is 1. The van der Waals surface area contributed by atoms with Crippen molar-refractivity contribution >= 4 is 18.3 Å². The third kappa shape index (κ3) is 4.77. The van der Waals surface area contributed by atoms with E-state index < -0.39 is 0 Å². The number of hydrogen-bond acceptors (Lipinski definition) is 2. The van der Waals surface area contributed by atoms with Gasteiger partial charge >= 0.3 is 0 Å². The van der Waals surface area contributed by atoms with Gasteiger partial charge in [0.15, 0.2) is 0 Å². The Morgan fingerprint density at radius 3 is 2.56 bits per heavy atom. The molecular formula is C14H27ClN2O. The first kappa shape index (κ1) is 15.8. The van der Waals surface area contributed by atoms with Gasteiger partial charge < -0.3 is 10.2 Å². The summed E-state index contributed by atoms with van der Waals surface area (Å²) in [4.78, 5) is 14.4. The van der Waals surface area contributed by atoms with Crippen molar-refractivity contribution in [3.8, 4) is 0 Å². The summed E-state index contributed by atoms with van der Waals surface area (Å²) in [6, 6.07) is 0.576. The molecule has 2 rings (SSSR count). The molecule has 1 aliphatic carbocycles. The maximum Gasteiger partial charge on any atom is 0.222 e. The van der Waals surface area contributed by atoms with E-state index in [0.29, 0.717) is 17.9 Å². The van der Waals surface area contributed by atoms with Gasteiger partial charge in [-0.25, -0.2) is 0 Å². The number of carbonyl (C=O) groups excluding carboxylic acids is 1.